The third-order valence-electron chi connectivity index (χ3n) is 2.83. The molecule has 104 valence electrons. The van der Waals surface area contributed by atoms with Gasteiger partial charge in [-0.3, -0.25) is 0 Å². The lowest BCUT2D eigenvalue weighted by atomic mass is 10.1. The van der Waals surface area contributed by atoms with E-state index in [-0.39, 0.29) is 17.2 Å². The van der Waals surface area contributed by atoms with Gasteiger partial charge < -0.3 is 9.84 Å². The summed E-state index contributed by atoms with van der Waals surface area (Å²) < 4.78 is 18.5. The molecule has 0 spiro atoms. The highest BCUT2D eigenvalue weighted by molar-refractivity contribution is 6.31. The summed E-state index contributed by atoms with van der Waals surface area (Å²) >= 11 is 5.90. The molecule has 0 saturated carbocycles. The van der Waals surface area contributed by atoms with Crippen molar-refractivity contribution in [2.24, 2.45) is 0 Å². The average molecular weight is 295 g/mol. The van der Waals surface area contributed by atoms with Crippen LogP contribution in [0.3, 0.4) is 0 Å². The first kappa shape index (κ1) is 14.3. The summed E-state index contributed by atoms with van der Waals surface area (Å²) in [5.74, 6) is -0.970. The van der Waals surface area contributed by atoms with Gasteiger partial charge in [-0.05, 0) is 36.8 Å². The van der Waals surface area contributed by atoms with Gasteiger partial charge in [-0.2, -0.15) is 0 Å². The molecular weight excluding hydrogens is 283 g/mol. The molecule has 0 atom stereocenters. The van der Waals surface area contributed by atoms with E-state index < -0.39 is 11.8 Å². The summed E-state index contributed by atoms with van der Waals surface area (Å²) in [6.45, 7) is 1.95. The van der Waals surface area contributed by atoms with Crippen molar-refractivity contribution in [2.45, 2.75) is 13.5 Å². The first-order chi connectivity index (χ1) is 9.47. The van der Waals surface area contributed by atoms with Gasteiger partial charge in [0.25, 0.3) is 0 Å². The number of ether oxygens (including phenoxy) is 1. The predicted octanol–water partition coefficient (Wildman–Crippen LogP) is 4.06. The Bertz CT molecular complexity index is 656. The zero-order valence-corrected chi connectivity index (χ0v) is 11.4. The van der Waals surface area contributed by atoms with Crippen LogP contribution in [-0.4, -0.2) is 11.1 Å². The van der Waals surface area contributed by atoms with Crippen LogP contribution >= 0.6 is 11.6 Å². The molecule has 0 aliphatic carbocycles. The first-order valence-electron chi connectivity index (χ1n) is 5.88. The van der Waals surface area contributed by atoms with E-state index in [1.807, 2.05) is 6.92 Å². The maximum absolute atomic E-state index is 12.9. The fourth-order valence-corrected chi connectivity index (χ4v) is 1.90. The van der Waals surface area contributed by atoms with Crippen molar-refractivity contribution in [1.82, 2.24) is 0 Å². The highest BCUT2D eigenvalue weighted by Gasteiger charge is 2.08. The molecule has 2 aromatic carbocycles. The number of aromatic carboxylic acids is 1. The summed E-state index contributed by atoms with van der Waals surface area (Å²) in [7, 11) is 0. The van der Waals surface area contributed by atoms with Crippen LogP contribution in [-0.2, 0) is 6.61 Å². The van der Waals surface area contributed by atoms with Crippen LogP contribution in [0, 0.1) is 12.7 Å². The van der Waals surface area contributed by atoms with Crippen molar-refractivity contribution in [2.75, 3.05) is 0 Å². The number of halogens is 2. The molecule has 0 fully saturated rings. The quantitative estimate of drug-likeness (QED) is 0.925. The Morgan fingerprint density at radius 2 is 2.05 bits per heavy atom. The minimum Gasteiger partial charge on any atom is -0.489 e. The summed E-state index contributed by atoms with van der Waals surface area (Å²) in [5.41, 5.74) is 1.59. The second-order valence-electron chi connectivity index (χ2n) is 4.31. The van der Waals surface area contributed by atoms with E-state index in [9.17, 15) is 9.18 Å². The van der Waals surface area contributed by atoms with Crippen molar-refractivity contribution in [1.29, 1.82) is 0 Å². The molecule has 20 heavy (non-hydrogen) atoms. The van der Waals surface area contributed by atoms with Crippen molar-refractivity contribution >= 4 is 17.6 Å². The molecule has 1 N–H and O–H groups in total. The third kappa shape index (κ3) is 3.27. The fourth-order valence-electron chi connectivity index (χ4n) is 1.68. The molecule has 2 aromatic rings. The van der Waals surface area contributed by atoms with Crippen molar-refractivity contribution < 1.29 is 19.0 Å². The number of carboxylic acid groups (broad SMARTS) is 1. The van der Waals surface area contributed by atoms with E-state index in [1.165, 1.54) is 30.3 Å². The number of aryl methyl sites for hydroxylation is 1. The maximum Gasteiger partial charge on any atom is 0.335 e. The second-order valence-corrected chi connectivity index (χ2v) is 4.72. The van der Waals surface area contributed by atoms with E-state index in [2.05, 4.69) is 0 Å². The average Bonchev–Trinajstić information content (AvgIpc) is 2.39. The van der Waals surface area contributed by atoms with Crippen LogP contribution in [0.4, 0.5) is 4.39 Å². The van der Waals surface area contributed by atoms with Gasteiger partial charge in [-0.15, -0.1) is 0 Å². The minimum absolute atomic E-state index is 0.142. The summed E-state index contributed by atoms with van der Waals surface area (Å²) in [5, 5.41) is 9.22. The molecule has 0 saturated heterocycles. The summed E-state index contributed by atoms with van der Waals surface area (Å²) in [4.78, 5) is 10.9. The number of rotatable bonds is 4. The Morgan fingerprint density at radius 3 is 2.70 bits per heavy atom. The fraction of sp³-hybridized carbons (Fsp3) is 0.133. The molecule has 0 aromatic heterocycles. The topological polar surface area (TPSA) is 46.5 Å². The minimum atomic E-state index is -1.02. The molecule has 0 aliphatic rings. The first-order valence-corrected chi connectivity index (χ1v) is 6.26. The number of carbonyl (C=O) groups is 1. The lowest BCUT2D eigenvalue weighted by Crippen LogP contribution is -2.01. The van der Waals surface area contributed by atoms with E-state index in [0.717, 1.165) is 5.56 Å². The summed E-state index contributed by atoms with van der Waals surface area (Å²) in [6.07, 6.45) is 0. The molecule has 0 aliphatic heterocycles. The van der Waals surface area contributed by atoms with Crippen molar-refractivity contribution in [3.63, 3.8) is 0 Å². The van der Waals surface area contributed by atoms with Gasteiger partial charge in [0.1, 0.15) is 18.2 Å². The van der Waals surface area contributed by atoms with Crippen molar-refractivity contribution in [3.05, 3.63) is 63.9 Å². The van der Waals surface area contributed by atoms with E-state index in [1.54, 1.807) is 6.07 Å². The van der Waals surface area contributed by atoms with Gasteiger partial charge in [-0.1, -0.05) is 23.7 Å². The largest absolute Gasteiger partial charge is 0.489 e. The lowest BCUT2D eigenvalue weighted by Gasteiger charge is -2.11. The number of carboxylic acids is 1. The number of hydrogen-bond donors (Lipinski definition) is 1. The van der Waals surface area contributed by atoms with Gasteiger partial charge in [0.15, 0.2) is 0 Å². The normalized spacial score (nSPS) is 10.3. The Morgan fingerprint density at radius 1 is 1.30 bits per heavy atom. The monoisotopic (exact) mass is 294 g/mol. The maximum atomic E-state index is 12.9. The third-order valence-corrected chi connectivity index (χ3v) is 3.19. The molecule has 0 radical (unpaired) electrons. The lowest BCUT2D eigenvalue weighted by molar-refractivity contribution is 0.0696. The highest BCUT2D eigenvalue weighted by atomic mass is 35.5. The Kier molecular flexibility index (Phi) is 4.25. The van der Waals surface area contributed by atoms with Gasteiger partial charge in [0.05, 0.1) is 10.6 Å². The standard InChI is InChI=1S/C15H12ClFO3/c1-9-2-3-10(15(18)19)6-14(9)20-8-11-4-5-12(17)7-13(11)16/h2-7H,8H2,1H3,(H,18,19). The smallest absolute Gasteiger partial charge is 0.335 e. The molecule has 0 heterocycles. The van der Waals surface area contributed by atoms with Gasteiger partial charge in [-0.25, -0.2) is 9.18 Å². The van der Waals surface area contributed by atoms with Gasteiger partial charge in [0.2, 0.25) is 0 Å². The van der Waals surface area contributed by atoms with E-state index >= 15 is 0 Å². The Labute approximate surface area is 120 Å². The molecule has 2 rings (SSSR count). The van der Waals surface area contributed by atoms with Crippen LogP contribution in [0.25, 0.3) is 0 Å². The number of hydrogen-bond acceptors (Lipinski definition) is 2. The second kappa shape index (κ2) is 5.92. The van der Waals surface area contributed by atoms with Gasteiger partial charge in [0, 0.05) is 5.56 Å². The zero-order chi connectivity index (χ0) is 14.7. The molecule has 5 heteroatoms. The summed E-state index contributed by atoms with van der Waals surface area (Å²) in [6, 6.07) is 8.68. The zero-order valence-electron chi connectivity index (χ0n) is 10.7. The van der Waals surface area contributed by atoms with Crippen LogP contribution in [0.2, 0.25) is 5.02 Å². The van der Waals surface area contributed by atoms with Crippen LogP contribution < -0.4 is 4.74 Å². The molecular formula is C15H12ClFO3. The van der Waals surface area contributed by atoms with Crippen LogP contribution in [0.5, 0.6) is 5.75 Å². The SMILES string of the molecule is Cc1ccc(C(=O)O)cc1OCc1ccc(F)cc1Cl. The number of benzene rings is 2. The van der Waals surface area contributed by atoms with Crippen molar-refractivity contribution in [3.8, 4) is 5.75 Å². The molecule has 3 nitrogen and oxygen atoms in total. The van der Waals surface area contributed by atoms with Gasteiger partial charge >= 0.3 is 5.97 Å². The van der Waals surface area contributed by atoms with Crippen LogP contribution in [0.1, 0.15) is 21.5 Å². The Balaban J connectivity index is 2.18. The highest BCUT2D eigenvalue weighted by Crippen LogP contribution is 2.23. The molecule has 0 bridgehead atoms. The molecule has 0 amide bonds. The predicted molar refractivity (Wildman–Crippen MR) is 73.9 cm³/mol. The van der Waals surface area contributed by atoms with E-state index in [4.69, 9.17) is 21.4 Å². The molecule has 0 unspecified atom stereocenters. The van der Waals surface area contributed by atoms with Crippen LogP contribution in [0.15, 0.2) is 36.4 Å². The van der Waals surface area contributed by atoms with E-state index in [0.29, 0.717) is 11.3 Å². The Hall–Kier alpha value is -2.07.